The average Bonchev–Trinajstić information content (AvgIpc) is 2.28. The monoisotopic (exact) mass is 261 g/mol. The Labute approximate surface area is 101 Å². The summed E-state index contributed by atoms with van der Waals surface area (Å²) in [5, 5.41) is 15.9. The molecule has 100 valence electrons. The molecule has 0 bridgehead atoms. The lowest BCUT2D eigenvalue weighted by molar-refractivity contribution is -0.344. The molecule has 0 heterocycles. The van der Waals surface area contributed by atoms with Gasteiger partial charge in [-0.1, -0.05) is 29.8 Å². The van der Waals surface area contributed by atoms with E-state index >= 15 is 0 Å². The summed E-state index contributed by atoms with van der Waals surface area (Å²) >= 11 is 0. The van der Waals surface area contributed by atoms with Crippen molar-refractivity contribution in [2.24, 2.45) is 5.73 Å². The van der Waals surface area contributed by atoms with E-state index in [4.69, 9.17) is 26.8 Å². The molecule has 0 aliphatic rings. The number of hydrogen-bond donors (Lipinski definition) is 2. The van der Waals surface area contributed by atoms with Gasteiger partial charge in [-0.25, -0.2) is 0 Å². The van der Waals surface area contributed by atoms with E-state index in [-0.39, 0.29) is 12.4 Å². The van der Waals surface area contributed by atoms with Crippen LogP contribution < -0.4 is 10.8 Å². The number of hydrogen-bond acceptors (Lipinski definition) is 3. The van der Waals surface area contributed by atoms with Gasteiger partial charge in [0, 0.05) is 5.56 Å². The number of amidine groups is 1. The van der Waals surface area contributed by atoms with E-state index in [2.05, 4.69) is 0 Å². The molecule has 0 amide bonds. The Hall–Kier alpha value is -2.09. The lowest BCUT2D eigenvalue weighted by Gasteiger charge is -2.03. The summed E-state index contributed by atoms with van der Waals surface area (Å²) in [6, 6.07) is 7.13. The van der Waals surface area contributed by atoms with Crippen molar-refractivity contribution in [2.45, 2.75) is 12.7 Å². The maximum atomic E-state index is 10.5. The first-order chi connectivity index (χ1) is 8.18. The van der Waals surface area contributed by atoms with Gasteiger partial charge in [-0.05, 0) is 0 Å². The van der Waals surface area contributed by atoms with Crippen LogP contribution in [0.4, 0.5) is 13.2 Å². The predicted molar refractivity (Wildman–Crippen MR) is 56.5 cm³/mol. The number of carboxylic acids is 1. The number of nitrogens with one attached hydrogen (secondary N) is 2. The van der Waals surface area contributed by atoms with Crippen molar-refractivity contribution in [3.8, 4) is 0 Å². The molecule has 0 aliphatic carbocycles. The van der Waals surface area contributed by atoms with Gasteiger partial charge >= 0.3 is 6.18 Å². The minimum absolute atomic E-state index is 0.0709. The fourth-order valence-electron chi connectivity index (χ4n) is 0.802. The molecule has 4 N–H and O–H groups in total. The van der Waals surface area contributed by atoms with Crippen molar-refractivity contribution < 1.29 is 23.1 Å². The van der Waals surface area contributed by atoms with E-state index < -0.39 is 12.1 Å². The second-order valence-electron chi connectivity index (χ2n) is 3.07. The minimum Gasteiger partial charge on any atom is -0.674 e. The van der Waals surface area contributed by atoms with Crippen LogP contribution in [0.5, 0.6) is 0 Å². The molecule has 1 aromatic carbocycles. The van der Waals surface area contributed by atoms with Crippen LogP contribution in [0.2, 0.25) is 0 Å². The molecule has 0 unspecified atom stereocenters. The second-order valence-corrected chi connectivity index (χ2v) is 3.07. The van der Waals surface area contributed by atoms with Crippen LogP contribution >= 0.6 is 0 Å². The maximum Gasteiger partial charge on any atom is 0.430 e. The summed E-state index contributed by atoms with van der Waals surface area (Å²) in [5.41, 5.74) is 13.9. The first-order valence-corrected chi connectivity index (χ1v) is 4.54. The van der Waals surface area contributed by atoms with E-state index in [1.165, 1.54) is 0 Å². The maximum absolute atomic E-state index is 10.5. The highest BCUT2D eigenvalue weighted by Gasteiger charge is 2.28. The molecule has 8 heteroatoms. The van der Waals surface area contributed by atoms with Crippen molar-refractivity contribution in [1.82, 2.24) is 0 Å². The van der Waals surface area contributed by atoms with Gasteiger partial charge in [0.05, 0.1) is 0 Å². The fourth-order valence-corrected chi connectivity index (χ4v) is 0.802. The number of alkyl halides is 3. The predicted octanol–water partition coefficient (Wildman–Crippen LogP) is 0.821. The van der Waals surface area contributed by atoms with Crippen LogP contribution in [0.1, 0.15) is 11.1 Å². The standard InChI is InChI=1S/C8H10N3.C2HF3O2/c9-5-6-1-3-7(4-2-6)8(10)11;3-2(4,5)1(6)7/h1-4,9H,5H2,(H3,10,11);(H,6,7)/q-1;/p-1. The Bertz CT molecular complexity index is 415. The molecule has 0 saturated heterocycles. The Morgan fingerprint density at radius 1 is 1.33 bits per heavy atom. The summed E-state index contributed by atoms with van der Waals surface area (Å²) in [6.07, 6.45) is -5.19. The molecule has 0 aromatic heterocycles. The molecule has 0 saturated carbocycles. The van der Waals surface area contributed by atoms with Crippen molar-refractivity contribution in [1.29, 1.82) is 5.41 Å². The molecule has 0 radical (unpaired) electrons. The number of rotatable bonds is 2. The summed E-state index contributed by atoms with van der Waals surface area (Å²) in [6.45, 7) is 0.276. The van der Waals surface area contributed by atoms with Crippen LogP contribution in [0.15, 0.2) is 24.3 Å². The smallest absolute Gasteiger partial charge is 0.430 e. The minimum atomic E-state index is -5.19. The third-order valence-electron chi connectivity index (χ3n) is 1.70. The molecule has 0 aliphatic heterocycles. The van der Waals surface area contributed by atoms with Gasteiger partial charge in [0.25, 0.3) is 0 Å². The summed E-state index contributed by atoms with van der Waals surface area (Å²) in [7, 11) is 0. The molecule has 0 fully saturated rings. The molecule has 1 rings (SSSR count). The first kappa shape index (κ1) is 15.9. The number of nitrogen functional groups attached to an aromatic ring is 1. The topological polar surface area (TPSA) is 114 Å². The van der Waals surface area contributed by atoms with E-state index in [0.717, 1.165) is 5.56 Å². The van der Waals surface area contributed by atoms with Gasteiger partial charge in [0.15, 0.2) is 0 Å². The normalized spacial score (nSPS) is 10.2. The molecule has 0 atom stereocenters. The molecular weight excluding hydrogens is 251 g/mol. The van der Waals surface area contributed by atoms with Crippen LogP contribution in [0.25, 0.3) is 5.73 Å². The van der Waals surface area contributed by atoms with Gasteiger partial charge in [-0.3, -0.25) is 5.41 Å². The van der Waals surface area contributed by atoms with Crippen molar-refractivity contribution >= 4 is 11.8 Å². The van der Waals surface area contributed by atoms with E-state index in [9.17, 15) is 13.2 Å². The van der Waals surface area contributed by atoms with Gasteiger partial charge in [0.1, 0.15) is 11.8 Å². The Morgan fingerprint density at radius 2 is 1.72 bits per heavy atom. The summed E-state index contributed by atoms with van der Waals surface area (Å²) < 4.78 is 31.5. The number of nitrogens with two attached hydrogens (primary N) is 1. The molecule has 18 heavy (non-hydrogen) atoms. The van der Waals surface area contributed by atoms with Crippen molar-refractivity contribution in [3.05, 3.63) is 41.1 Å². The van der Waals surface area contributed by atoms with Gasteiger partial charge in [-0.2, -0.15) is 13.2 Å². The molecule has 1 aromatic rings. The fraction of sp³-hybridized carbons (Fsp3) is 0.200. The molecular formula is C10H10F3N3O2-2. The van der Waals surface area contributed by atoms with E-state index in [1.807, 2.05) is 12.1 Å². The highest BCUT2D eigenvalue weighted by molar-refractivity contribution is 5.94. The third kappa shape index (κ3) is 5.85. The molecule has 0 spiro atoms. The van der Waals surface area contributed by atoms with Crippen LogP contribution in [-0.4, -0.2) is 18.0 Å². The molecule has 5 nitrogen and oxygen atoms in total. The van der Waals surface area contributed by atoms with E-state index in [1.54, 1.807) is 12.1 Å². The number of carbonyl (C=O) groups is 1. The van der Waals surface area contributed by atoms with E-state index in [0.29, 0.717) is 5.56 Å². The zero-order valence-corrected chi connectivity index (χ0v) is 9.04. The number of halogens is 3. The Kier molecular flexibility index (Phi) is 5.83. The Morgan fingerprint density at radius 3 is 1.94 bits per heavy atom. The summed E-state index contributed by atoms with van der Waals surface area (Å²) in [4.78, 5) is 8.78. The SMILES string of the molecule is N=C(N)c1ccc(C[NH-])cc1.O=C([O-])C(F)(F)F. The van der Waals surface area contributed by atoms with Crippen molar-refractivity contribution in [3.63, 3.8) is 0 Å². The lowest BCUT2D eigenvalue weighted by Crippen LogP contribution is -2.37. The quantitative estimate of drug-likeness (QED) is 0.606. The Balaban J connectivity index is 0.000000360. The van der Waals surface area contributed by atoms with Gasteiger partial charge in [0.2, 0.25) is 0 Å². The van der Waals surface area contributed by atoms with Gasteiger partial charge < -0.3 is 21.4 Å². The average molecular weight is 261 g/mol. The number of carbonyl (C=O) groups excluding carboxylic acids is 1. The third-order valence-corrected chi connectivity index (χ3v) is 1.70. The lowest BCUT2D eigenvalue weighted by atomic mass is 10.1. The van der Waals surface area contributed by atoms with Crippen molar-refractivity contribution in [2.75, 3.05) is 0 Å². The van der Waals surface area contributed by atoms with Crippen LogP contribution in [0.3, 0.4) is 0 Å². The largest absolute Gasteiger partial charge is 0.674 e. The zero-order valence-electron chi connectivity index (χ0n) is 9.04. The van der Waals surface area contributed by atoms with Crippen LogP contribution in [-0.2, 0) is 11.3 Å². The zero-order chi connectivity index (χ0) is 14.3. The highest BCUT2D eigenvalue weighted by Crippen LogP contribution is 2.11. The number of benzene rings is 1. The van der Waals surface area contributed by atoms with Crippen LogP contribution in [0, 0.1) is 5.41 Å². The summed E-state index contributed by atoms with van der Waals surface area (Å²) in [5.74, 6) is -2.94. The number of aliphatic carboxylic acids is 1. The van der Waals surface area contributed by atoms with Gasteiger partial charge in [-0.15, -0.1) is 6.54 Å². The highest BCUT2D eigenvalue weighted by atomic mass is 19.4. The first-order valence-electron chi connectivity index (χ1n) is 4.54. The number of carboxylic acid groups (broad SMARTS) is 1. The second kappa shape index (κ2) is 6.60.